The Hall–Kier alpha value is -2.30. The first-order chi connectivity index (χ1) is 9.20. The van der Waals surface area contributed by atoms with Crippen LogP contribution in [0.25, 0.3) is 10.9 Å². The maximum Gasteiger partial charge on any atom is 0.308 e. The van der Waals surface area contributed by atoms with E-state index in [2.05, 4.69) is 10.3 Å². The van der Waals surface area contributed by atoms with Gasteiger partial charge in [0.2, 0.25) is 5.91 Å². The summed E-state index contributed by atoms with van der Waals surface area (Å²) in [5.41, 5.74) is 1.88. The predicted octanol–water partition coefficient (Wildman–Crippen LogP) is 1.14. The lowest BCUT2D eigenvalue weighted by Crippen LogP contribution is -2.36. The number of ether oxygens (including phenoxy) is 1. The van der Waals surface area contributed by atoms with E-state index in [1.54, 1.807) is 0 Å². The quantitative estimate of drug-likeness (QED) is 0.811. The first-order valence-corrected chi connectivity index (χ1v) is 6.22. The van der Waals surface area contributed by atoms with Gasteiger partial charge in [-0.25, -0.2) is 0 Å². The van der Waals surface area contributed by atoms with Gasteiger partial charge in [-0.2, -0.15) is 0 Å². The van der Waals surface area contributed by atoms with E-state index in [0.717, 1.165) is 16.6 Å². The average Bonchev–Trinajstić information content (AvgIpc) is 2.94. The molecular weight excluding hydrogens is 244 g/mol. The number of rotatable bonds is 3. The van der Waals surface area contributed by atoms with E-state index in [9.17, 15) is 9.59 Å². The number of para-hydroxylation sites is 1. The molecule has 1 saturated heterocycles. The number of fused-ring (bicyclic) bond motifs is 1. The highest BCUT2D eigenvalue weighted by Gasteiger charge is 2.25. The lowest BCUT2D eigenvalue weighted by atomic mass is 10.2. The Kier molecular flexibility index (Phi) is 2.95. The van der Waals surface area contributed by atoms with E-state index < -0.39 is 0 Å². The minimum atomic E-state index is -0.254. The van der Waals surface area contributed by atoms with Gasteiger partial charge >= 0.3 is 5.97 Å². The van der Waals surface area contributed by atoms with Crippen LogP contribution in [0.3, 0.4) is 0 Å². The summed E-state index contributed by atoms with van der Waals surface area (Å²) in [5, 5.41) is 3.88. The molecule has 2 heterocycles. The number of amides is 1. The summed E-state index contributed by atoms with van der Waals surface area (Å²) >= 11 is 0. The Balaban J connectivity index is 1.64. The van der Waals surface area contributed by atoms with Crippen molar-refractivity contribution < 1.29 is 14.3 Å². The maximum absolute atomic E-state index is 11.9. The van der Waals surface area contributed by atoms with Gasteiger partial charge in [-0.15, -0.1) is 0 Å². The van der Waals surface area contributed by atoms with Crippen LogP contribution >= 0.6 is 0 Å². The fourth-order valence-electron chi connectivity index (χ4n) is 2.29. The molecule has 98 valence electrons. The van der Waals surface area contributed by atoms with Crippen molar-refractivity contribution in [2.45, 2.75) is 18.9 Å². The van der Waals surface area contributed by atoms with Crippen molar-refractivity contribution in [1.82, 2.24) is 10.3 Å². The second kappa shape index (κ2) is 4.76. The molecule has 1 aromatic heterocycles. The number of carbonyl (C=O) groups excluding carboxylic acids is 2. The molecule has 1 amide bonds. The number of aromatic nitrogens is 1. The van der Waals surface area contributed by atoms with Gasteiger partial charge in [0.05, 0.1) is 18.9 Å². The van der Waals surface area contributed by atoms with E-state index in [-0.39, 0.29) is 37.4 Å². The van der Waals surface area contributed by atoms with Crippen LogP contribution in [0.2, 0.25) is 0 Å². The van der Waals surface area contributed by atoms with Gasteiger partial charge in [0.15, 0.2) is 0 Å². The fourth-order valence-corrected chi connectivity index (χ4v) is 2.29. The monoisotopic (exact) mass is 258 g/mol. The SMILES string of the molecule is O=C(Cc1cc2ccccc2[nH]1)N[C@@H]1COC(=O)C1. The van der Waals surface area contributed by atoms with Gasteiger partial charge in [-0.3, -0.25) is 9.59 Å². The lowest BCUT2D eigenvalue weighted by molar-refractivity contribution is -0.138. The molecule has 0 radical (unpaired) electrons. The highest BCUT2D eigenvalue weighted by atomic mass is 16.5. The van der Waals surface area contributed by atoms with Gasteiger partial charge in [0, 0.05) is 11.2 Å². The Morgan fingerprint density at radius 2 is 2.26 bits per heavy atom. The van der Waals surface area contributed by atoms with E-state index in [1.807, 2.05) is 30.3 Å². The lowest BCUT2D eigenvalue weighted by Gasteiger charge is -2.08. The normalized spacial score (nSPS) is 18.5. The van der Waals surface area contributed by atoms with Crippen LogP contribution in [0.4, 0.5) is 0 Å². The predicted molar refractivity (Wildman–Crippen MR) is 69.5 cm³/mol. The number of nitrogens with one attached hydrogen (secondary N) is 2. The molecule has 3 rings (SSSR count). The number of aromatic amines is 1. The Labute approximate surface area is 109 Å². The van der Waals surface area contributed by atoms with E-state index in [1.165, 1.54) is 0 Å². The molecule has 1 aliphatic heterocycles. The van der Waals surface area contributed by atoms with Gasteiger partial charge in [-0.05, 0) is 17.5 Å². The summed E-state index contributed by atoms with van der Waals surface area (Å²) in [6.45, 7) is 0.275. The number of cyclic esters (lactones) is 1. The number of carbonyl (C=O) groups is 2. The number of H-pyrrole nitrogens is 1. The second-order valence-corrected chi connectivity index (χ2v) is 4.71. The summed E-state index contributed by atoms with van der Waals surface area (Å²) in [5.74, 6) is -0.356. The van der Waals surface area contributed by atoms with E-state index in [4.69, 9.17) is 4.74 Å². The number of hydrogen-bond donors (Lipinski definition) is 2. The summed E-state index contributed by atoms with van der Waals surface area (Å²) < 4.78 is 4.80. The highest BCUT2D eigenvalue weighted by molar-refractivity contribution is 5.84. The molecular formula is C14H14N2O3. The zero-order chi connectivity index (χ0) is 13.2. The number of esters is 1. The van der Waals surface area contributed by atoms with Crippen molar-refractivity contribution in [1.29, 1.82) is 0 Å². The van der Waals surface area contributed by atoms with Gasteiger partial charge in [0.1, 0.15) is 6.61 Å². The van der Waals surface area contributed by atoms with Crippen LogP contribution < -0.4 is 5.32 Å². The van der Waals surface area contributed by atoms with Crippen molar-refractivity contribution >= 4 is 22.8 Å². The number of benzene rings is 1. The van der Waals surface area contributed by atoms with E-state index >= 15 is 0 Å². The second-order valence-electron chi connectivity index (χ2n) is 4.71. The minimum Gasteiger partial charge on any atom is -0.463 e. The topological polar surface area (TPSA) is 71.2 Å². The molecule has 0 bridgehead atoms. The zero-order valence-corrected chi connectivity index (χ0v) is 10.3. The first kappa shape index (κ1) is 11.8. The largest absolute Gasteiger partial charge is 0.463 e. The Bertz CT molecular complexity index is 599. The molecule has 1 aromatic carbocycles. The minimum absolute atomic E-state index is 0.102. The molecule has 2 aromatic rings. The Morgan fingerprint density at radius 3 is 3.00 bits per heavy atom. The van der Waals surface area contributed by atoms with E-state index in [0.29, 0.717) is 0 Å². The Morgan fingerprint density at radius 1 is 1.42 bits per heavy atom. The molecule has 0 saturated carbocycles. The molecule has 1 aliphatic rings. The van der Waals surface area contributed by atoms with Gasteiger partial charge < -0.3 is 15.0 Å². The molecule has 5 nitrogen and oxygen atoms in total. The molecule has 19 heavy (non-hydrogen) atoms. The van der Waals surface area contributed by atoms with Crippen LogP contribution in [0.15, 0.2) is 30.3 Å². The first-order valence-electron chi connectivity index (χ1n) is 6.22. The third kappa shape index (κ3) is 2.59. The van der Waals surface area contributed by atoms with Crippen LogP contribution in [0.1, 0.15) is 12.1 Å². The summed E-state index contributed by atoms with van der Waals surface area (Å²) in [6.07, 6.45) is 0.539. The third-order valence-corrected chi connectivity index (χ3v) is 3.16. The fraction of sp³-hybridized carbons (Fsp3) is 0.286. The number of hydrogen-bond acceptors (Lipinski definition) is 3. The molecule has 0 unspecified atom stereocenters. The summed E-state index contributed by atoms with van der Waals surface area (Å²) in [7, 11) is 0. The summed E-state index contributed by atoms with van der Waals surface area (Å²) in [4.78, 5) is 26.0. The van der Waals surface area contributed by atoms with Crippen LogP contribution in [0.5, 0.6) is 0 Å². The molecule has 1 atom stereocenters. The zero-order valence-electron chi connectivity index (χ0n) is 10.3. The van der Waals surface area contributed by atoms with Crippen molar-refractivity contribution in [3.8, 4) is 0 Å². The highest BCUT2D eigenvalue weighted by Crippen LogP contribution is 2.15. The van der Waals surface area contributed by atoms with Crippen molar-refractivity contribution in [3.05, 3.63) is 36.0 Å². The molecule has 1 fully saturated rings. The maximum atomic E-state index is 11.9. The summed E-state index contributed by atoms with van der Waals surface area (Å²) in [6, 6.07) is 9.65. The molecule has 2 N–H and O–H groups in total. The van der Waals surface area contributed by atoms with Crippen LogP contribution in [-0.4, -0.2) is 29.5 Å². The van der Waals surface area contributed by atoms with Crippen LogP contribution in [0, 0.1) is 0 Å². The average molecular weight is 258 g/mol. The molecule has 0 spiro atoms. The van der Waals surface area contributed by atoms with Gasteiger partial charge in [0.25, 0.3) is 0 Å². The van der Waals surface area contributed by atoms with Crippen LogP contribution in [-0.2, 0) is 20.7 Å². The van der Waals surface area contributed by atoms with Crippen molar-refractivity contribution in [3.63, 3.8) is 0 Å². The molecule has 5 heteroatoms. The standard InChI is InChI=1S/C14H14N2O3/c17-13(16-11-7-14(18)19-8-11)6-10-5-9-3-1-2-4-12(9)15-10/h1-5,11,15H,6-8H2,(H,16,17)/t11-/m0/s1. The smallest absolute Gasteiger partial charge is 0.308 e. The molecule has 0 aliphatic carbocycles. The third-order valence-electron chi connectivity index (χ3n) is 3.16. The van der Waals surface area contributed by atoms with Gasteiger partial charge in [-0.1, -0.05) is 18.2 Å². The van der Waals surface area contributed by atoms with Crippen molar-refractivity contribution in [2.24, 2.45) is 0 Å². The van der Waals surface area contributed by atoms with Crippen molar-refractivity contribution in [2.75, 3.05) is 6.61 Å².